The van der Waals surface area contributed by atoms with Gasteiger partial charge in [0.05, 0.1) is 17.2 Å². The molecule has 1 amide bonds. The van der Waals surface area contributed by atoms with Gasteiger partial charge in [0.25, 0.3) is 0 Å². The molecule has 4 saturated carbocycles. The summed E-state index contributed by atoms with van der Waals surface area (Å²) in [6, 6.07) is 6.05. The summed E-state index contributed by atoms with van der Waals surface area (Å²) in [7, 11) is 0. The van der Waals surface area contributed by atoms with E-state index >= 15 is 0 Å². The van der Waals surface area contributed by atoms with Gasteiger partial charge in [-0.15, -0.1) is 0 Å². The van der Waals surface area contributed by atoms with Crippen LogP contribution in [0, 0.1) is 30.1 Å². The summed E-state index contributed by atoms with van der Waals surface area (Å²) in [5.41, 5.74) is 2.96. The van der Waals surface area contributed by atoms with E-state index in [-0.39, 0.29) is 5.41 Å². The molecule has 3 nitrogen and oxygen atoms in total. The minimum absolute atomic E-state index is 0.101. The molecule has 1 atom stereocenters. The third-order valence-corrected chi connectivity index (χ3v) is 7.26. The van der Waals surface area contributed by atoms with Gasteiger partial charge in [0.1, 0.15) is 0 Å². The van der Waals surface area contributed by atoms with E-state index in [1.165, 1.54) is 19.3 Å². The van der Waals surface area contributed by atoms with Gasteiger partial charge in [0.2, 0.25) is 5.91 Å². The summed E-state index contributed by atoms with van der Waals surface area (Å²) in [5.74, 6) is 2.72. The second-order valence-corrected chi connectivity index (χ2v) is 8.97. The zero-order chi connectivity index (χ0) is 16.5. The SMILES string of the molecule is Cc1cccc2c1N(C(=O)C13CC4CC(CC(C4)C1)C3)CCC2O. The highest BCUT2D eigenvalue weighted by Gasteiger charge is 2.56. The number of rotatable bonds is 1. The van der Waals surface area contributed by atoms with Crippen molar-refractivity contribution in [1.29, 1.82) is 0 Å². The summed E-state index contributed by atoms with van der Waals surface area (Å²) in [6.45, 7) is 2.73. The highest BCUT2D eigenvalue weighted by molar-refractivity contribution is 5.99. The van der Waals surface area contributed by atoms with Gasteiger partial charge in [-0.25, -0.2) is 0 Å². The van der Waals surface area contributed by atoms with Gasteiger partial charge in [0, 0.05) is 12.1 Å². The second-order valence-electron chi connectivity index (χ2n) is 8.97. The van der Waals surface area contributed by atoms with Gasteiger partial charge in [0.15, 0.2) is 0 Å². The molecule has 0 aromatic heterocycles. The normalized spacial score (nSPS) is 39.8. The summed E-state index contributed by atoms with van der Waals surface area (Å²) in [5, 5.41) is 10.4. The molecule has 1 aromatic carbocycles. The smallest absolute Gasteiger partial charge is 0.233 e. The standard InChI is InChI=1S/C21H27NO2/c1-13-3-2-4-17-18(23)5-6-22(19(13)17)20(24)21-10-14-7-15(11-21)9-16(8-14)12-21/h2-4,14-16,18,23H,5-12H2,1H3. The molecule has 4 fully saturated rings. The lowest BCUT2D eigenvalue weighted by atomic mass is 9.49. The number of aryl methyl sites for hydroxylation is 1. The Morgan fingerprint density at radius 1 is 1.12 bits per heavy atom. The van der Waals surface area contributed by atoms with Gasteiger partial charge in [-0.1, -0.05) is 18.2 Å². The fourth-order valence-corrected chi connectivity index (χ4v) is 6.70. The van der Waals surface area contributed by atoms with Crippen molar-refractivity contribution >= 4 is 11.6 Å². The van der Waals surface area contributed by atoms with Crippen LogP contribution in [-0.4, -0.2) is 17.6 Å². The predicted octanol–water partition coefficient (Wildman–Crippen LogP) is 3.98. The number of benzene rings is 1. The van der Waals surface area contributed by atoms with Crippen molar-refractivity contribution in [3.63, 3.8) is 0 Å². The van der Waals surface area contributed by atoms with Crippen LogP contribution in [-0.2, 0) is 4.79 Å². The Balaban J connectivity index is 1.54. The van der Waals surface area contributed by atoms with Crippen molar-refractivity contribution in [2.75, 3.05) is 11.4 Å². The average Bonchev–Trinajstić information content (AvgIpc) is 2.54. The topological polar surface area (TPSA) is 40.5 Å². The monoisotopic (exact) mass is 325 g/mol. The van der Waals surface area contributed by atoms with Crippen LogP contribution in [0.15, 0.2) is 18.2 Å². The highest BCUT2D eigenvalue weighted by Crippen LogP contribution is 2.61. The van der Waals surface area contributed by atoms with E-state index in [0.717, 1.165) is 53.8 Å². The number of hydrogen-bond acceptors (Lipinski definition) is 2. The Kier molecular flexibility index (Phi) is 3.16. The number of carbonyl (C=O) groups is 1. The molecule has 4 aliphatic carbocycles. The first-order valence-corrected chi connectivity index (χ1v) is 9.65. The van der Waals surface area contributed by atoms with E-state index in [1.54, 1.807) is 0 Å². The highest BCUT2D eigenvalue weighted by atomic mass is 16.3. The molecule has 0 radical (unpaired) electrons. The lowest BCUT2D eigenvalue weighted by Crippen LogP contribution is -2.55. The number of hydrogen-bond donors (Lipinski definition) is 1. The van der Waals surface area contributed by atoms with E-state index in [0.29, 0.717) is 18.9 Å². The van der Waals surface area contributed by atoms with Crippen molar-refractivity contribution in [3.8, 4) is 0 Å². The molecule has 0 spiro atoms. The largest absolute Gasteiger partial charge is 0.388 e. The molecule has 1 aliphatic heterocycles. The van der Waals surface area contributed by atoms with E-state index in [1.807, 2.05) is 17.0 Å². The van der Waals surface area contributed by atoms with Crippen LogP contribution < -0.4 is 4.90 Å². The van der Waals surface area contributed by atoms with Crippen LogP contribution in [0.25, 0.3) is 0 Å². The molecular weight excluding hydrogens is 298 g/mol. The van der Waals surface area contributed by atoms with Crippen LogP contribution in [0.1, 0.15) is 62.2 Å². The van der Waals surface area contributed by atoms with Gasteiger partial charge >= 0.3 is 0 Å². The van der Waals surface area contributed by atoms with Gasteiger partial charge in [-0.3, -0.25) is 4.79 Å². The van der Waals surface area contributed by atoms with Gasteiger partial charge < -0.3 is 10.0 Å². The maximum atomic E-state index is 13.7. The third-order valence-electron chi connectivity index (χ3n) is 7.26. The van der Waals surface area contributed by atoms with Crippen LogP contribution in [0.2, 0.25) is 0 Å². The molecule has 128 valence electrons. The molecule has 3 heteroatoms. The van der Waals surface area contributed by atoms with Crippen molar-refractivity contribution in [2.24, 2.45) is 23.2 Å². The number of aliphatic hydroxyl groups excluding tert-OH is 1. The Hall–Kier alpha value is -1.35. The summed E-state index contributed by atoms with van der Waals surface area (Å²) < 4.78 is 0. The van der Waals surface area contributed by atoms with Crippen LogP contribution >= 0.6 is 0 Å². The first-order valence-electron chi connectivity index (χ1n) is 9.65. The Morgan fingerprint density at radius 3 is 2.38 bits per heavy atom. The fraction of sp³-hybridized carbons (Fsp3) is 0.667. The number of aliphatic hydroxyl groups is 1. The number of para-hydroxylation sites is 1. The molecule has 1 heterocycles. The quantitative estimate of drug-likeness (QED) is 0.848. The van der Waals surface area contributed by atoms with Gasteiger partial charge in [-0.2, -0.15) is 0 Å². The number of fused-ring (bicyclic) bond motifs is 1. The number of amides is 1. The van der Waals surface area contributed by atoms with Crippen molar-refractivity contribution in [2.45, 2.75) is 58.0 Å². The lowest BCUT2D eigenvalue weighted by Gasteiger charge is -2.57. The van der Waals surface area contributed by atoms with Crippen molar-refractivity contribution < 1.29 is 9.90 Å². The first-order chi connectivity index (χ1) is 11.6. The average molecular weight is 325 g/mol. The van der Waals surface area contributed by atoms with Crippen LogP contribution in [0.4, 0.5) is 5.69 Å². The fourth-order valence-electron chi connectivity index (χ4n) is 6.70. The number of carbonyl (C=O) groups excluding carboxylic acids is 1. The van der Waals surface area contributed by atoms with Crippen molar-refractivity contribution in [3.05, 3.63) is 29.3 Å². The van der Waals surface area contributed by atoms with Crippen molar-refractivity contribution in [1.82, 2.24) is 0 Å². The lowest BCUT2D eigenvalue weighted by molar-refractivity contribution is -0.143. The molecule has 24 heavy (non-hydrogen) atoms. The third kappa shape index (κ3) is 2.03. The second kappa shape index (κ2) is 5.08. The van der Waals surface area contributed by atoms with E-state index in [4.69, 9.17) is 0 Å². The Morgan fingerprint density at radius 2 is 1.75 bits per heavy atom. The van der Waals surface area contributed by atoms with Crippen LogP contribution in [0.5, 0.6) is 0 Å². The Labute approximate surface area is 144 Å². The maximum Gasteiger partial charge on any atom is 0.233 e. The summed E-state index contributed by atoms with van der Waals surface area (Å²) in [4.78, 5) is 15.8. The minimum Gasteiger partial charge on any atom is -0.388 e. The molecule has 1 N–H and O–H groups in total. The Bertz CT molecular complexity index is 660. The molecule has 4 bridgehead atoms. The predicted molar refractivity (Wildman–Crippen MR) is 93.7 cm³/mol. The molecule has 5 aliphatic rings. The first kappa shape index (κ1) is 14.9. The zero-order valence-corrected chi connectivity index (χ0v) is 14.5. The van der Waals surface area contributed by atoms with Crippen LogP contribution in [0.3, 0.4) is 0 Å². The maximum absolute atomic E-state index is 13.7. The summed E-state index contributed by atoms with van der Waals surface area (Å²) in [6.07, 6.45) is 7.64. The minimum atomic E-state index is -0.430. The van der Waals surface area contributed by atoms with E-state index in [9.17, 15) is 9.90 Å². The zero-order valence-electron chi connectivity index (χ0n) is 14.5. The molecule has 1 unspecified atom stereocenters. The molecule has 1 aromatic rings. The van der Waals surface area contributed by atoms with E-state index < -0.39 is 6.10 Å². The molecule has 6 rings (SSSR count). The molecule has 0 saturated heterocycles. The van der Waals surface area contributed by atoms with Gasteiger partial charge in [-0.05, 0) is 75.2 Å². The molecular formula is C21H27NO2. The van der Waals surface area contributed by atoms with E-state index in [2.05, 4.69) is 13.0 Å². The number of anilines is 1. The summed E-state index contributed by atoms with van der Waals surface area (Å²) >= 11 is 0. The number of nitrogens with zero attached hydrogens (tertiary/aromatic N) is 1.